The Kier molecular flexibility index (Phi) is 4.98. The average Bonchev–Trinajstić information content (AvgIpc) is 2.85. The summed E-state index contributed by atoms with van der Waals surface area (Å²) in [6, 6.07) is 13.3. The topological polar surface area (TPSA) is 12.0 Å². The zero-order chi connectivity index (χ0) is 13.0. The van der Waals surface area contributed by atoms with E-state index in [4.69, 9.17) is 0 Å². The molecule has 0 fully saturated rings. The Morgan fingerprint density at radius 2 is 2.00 bits per heavy atom. The number of rotatable bonds is 5. The highest BCUT2D eigenvalue weighted by Crippen LogP contribution is 2.36. The maximum absolute atomic E-state index is 3.62. The number of hydrogen-bond donors (Lipinski definition) is 1. The summed E-state index contributed by atoms with van der Waals surface area (Å²) < 4.78 is 1.16. The van der Waals surface area contributed by atoms with Crippen molar-refractivity contribution < 1.29 is 0 Å². The van der Waals surface area contributed by atoms with Crippen LogP contribution in [0.5, 0.6) is 0 Å². The van der Waals surface area contributed by atoms with Gasteiger partial charge in [-0.3, -0.25) is 0 Å². The Morgan fingerprint density at radius 1 is 1.22 bits per heavy atom. The Morgan fingerprint density at radius 3 is 2.67 bits per heavy atom. The molecule has 18 heavy (non-hydrogen) atoms. The van der Waals surface area contributed by atoms with E-state index in [9.17, 15) is 0 Å². The fraction of sp³-hybridized carbons (Fsp3) is 0.333. The van der Waals surface area contributed by atoms with Gasteiger partial charge >= 0.3 is 0 Å². The largest absolute Gasteiger partial charge is 0.312 e. The molecule has 1 aromatic carbocycles. The van der Waals surface area contributed by atoms with Gasteiger partial charge in [0.2, 0.25) is 0 Å². The van der Waals surface area contributed by atoms with E-state index in [-0.39, 0.29) is 0 Å². The van der Waals surface area contributed by atoms with Crippen LogP contribution in [0.25, 0.3) is 10.4 Å². The first-order valence-electron chi connectivity index (χ1n) is 6.28. The van der Waals surface area contributed by atoms with Gasteiger partial charge in [-0.05, 0) is 31.7 Å². The molecule has 0 radical (unpaired) electrons. The minimum Gasteiger partial charge on any atom is -0.312 e. The van der Waals surface area contributed by atoms with Crippen LogP contribution < -0.4 is 5.32 Å². The summed E-state index contributed by atoms with van der Waals surface area (Å²) in [5, 5.41) is 3.40. The predicted molar refractivity (Wildman–Crippen MR) is 84.2 cm³/mol. The highest BCUT2D eigenvalue weighted by Gasteiger charge is 2.12. The minimum atomic E-state index is 0.483. The van der Waals surface area contributed by atoms with Gasteiger partial charge in [0.25, 0.3) is 0 Å². The summed E-state index contributed by atoms with van der Waals surface area (Å²) in [7, 11) is 2.04. The van der Waals surface area contributed by atoms with Crippen LogP contribution >= 0.6 is 27.3 Å². The molecule has 0 bridgehead atoms. The molecule has 0 aliphatic heterocycles. The third-order valence-corrected chi connectivity index (χ3v) is 4.96. The van der Waals surface area contributed by atoms with Gasteiger partial charge in [0.05, 0.1) is 0 Å². The lowest BCUT2D eigenvalue weighted by Gasteiger charge is -2.12. The van der Waals surface area contributed by atoms with Gasteiger partial charge in [0.15, 0.2) is 0 Å². The summed E-state index contributed by atoms with van der Waals surface area (Å²) in [6.07, 6.45) is 2.39. The molecule has 1 heterocycles. The Labute approximate surface area is 121 Å². The van der Waals surface area contributed by atoms with Crippen molar-refractivity contribution in [3.05, 3.63) is 45.7 Å². The number of thiophene rings is 1. The summed E-state index contributed by atoms with van der Waals surface area (Å²) >= 11 is 5.50. The maximum atomic E-state index is 3.62. The van der Waals surface area contributed by atoms with Crippen molar-refractivity contribution in [2.45, 2.75) is 25.8 Å². The van der Waals surface area contributed by atoms with Gasteiger partial charge in [-0.25, -0.2) is 0 Å². The molecule has 0 spiro atoms. The normalized spacial score (nSPS) is 12.6. The van der Waals surface area contributed by atoms with Crippen LogP contribution in [0.15, 0.2) is 40.9 Å². The lowest BCUT2D eigenvalue weighted by molar-refractivity contribution is 0.550. The van der Waals surface area contributed by atoms with Crippen molar-refractivity contribution in [2.24, 2.45) is 0 Å². The molecule has 0 amide bonds. The van der Waals surface area contributed by atoms with Crippen LogP contribution in [-0.2, 0) is 0 Å². The summed E-state index contributed by atoms with van der Waals surface area (Å²) in [4.78, 5) is 2.75. The van der Waals surface area contributed by atoms with Crippen LogP contribution in [0.3, 0.4) is 0 Å². The highest BCUT2D eigenvalue weighted by molar-refractivity contribution is 9.10. The molecule has 2 aromatic rings. The van der Waals surface area contributed by atoms with E-state index in [1.165, 1.54) is 28.2 Å². The second kappa shape index (κ2) is 6.50. The second-order valence-corrected chi connectivity index (χ2v) is 6.28. The van der Waals surface area contributed by atoms with Gasteiger partial charge in [0.1, 0.15) is 0 Å². The van der Waals surface area contributed by atoms with Gasteiger partial charge in [-0.2, -0.15) is 0 Å². The summed E-state index contributed by atoms with van der Waals surface area (Å²) in [5.41, 5.74) is 1.28. The van der Waals surface area contributed by atoms with Crippen LogP contribution in [0.1, 0.15) is 30.7 Å². The molecule has 1 aromatic heterocycles. The monoisotopic (exact) mass is 323 g/mol. The summed E-state index contributed by atoms with van der Waals surface area (Å²) in [5.74, 6) is 0. The molecule has 96 valence electrons. The molecule has 0 saturated heterocycles. The van der Waals surface area contributed by atoms with E-state index in [1.807, 2.05) is 18.4 Å². The Hall–Kier alpha value is -0.640. The maximum Gasteiger partial charge on any atom is 0.0412 e. The molecule has 1 N–H and O–H groups in total. The quantitative estimate of drug-likeness (QED) is 0.793. The second-order valence-electron chi connectivity index (χ2n) is 4.31. The van der Waals surface area contributed by atoms with E-state index < -0.39 is 0 Å². The molecule has 3 heteroatoms. The van der Waals surface area contributed by atoms with Crippen molar-refractivity contribution in [3.63, 3.8) is 0 Å². The van der Waals surface area contributed by atoms with Crippen molar-refractivity contribution in [2.75, 3.05) is 7.05 Å². The van der Waals surface area contributed by atoms with E-state index in [0.717, 1.165) is 4.47 Å². The predicted octanol–water partition coefficient (Wildman–Crippen LogP) is 5.24. The fourth-order valence-corrected chi connectivity index (χ4v) is 3.89. The SMILES string of the molecule is CCCC(NC)c1ccc(-c2ccccc2Br)s1. The van der Waals surface area contributed by atoms with Crippen molar-refractivity contribution in [1.29, 1.82) is 0 Å². The highest BCUT2D eigenvalue weighted by atomic mass is 79.9. The van der Waals surface area contributed by atoms with Gasteiger partial charge in [-0.15, -0.1) is 11.3 Å². The molecule has 1 nitrogen and oxygen atoms in total. The van der Waals surface area contributed by atoms with Gasteiger partial charge in [-0.1, -0.05) is 47.5 Å². The van der Waals surface area contributed by atoms with Crippen LogP contribution in [0.2, 0.25) is 0 Å². The first-order chi connectivity index (χ1) is 8.76. The number of benzene rings is 1. The molecule has 0 aliphatic carbocycles. The number of hydrogen-bond acceptors (Lipinski definition) is 2. The lowest BCUT2D eigenvalue weighted by atomic mass is 10.1. The molecule has 0 saturated carbocycles. The third-order valence-electron chi connectivity index (χ3n) is 3.04. The first kappa shape index (κ1) is 13.8. The first-order valence-corrected chi connectivity index (χ1v) is 7.89. The molecule has 2 rings (SSSR count). The van der Waals surface area contributed by atoms with E-state index in [1.54, 1.807) is 0 Å². The number of nitrogens with one attached hydrogen (secondary N) is 1. The van der Waals surface area contributed by atoms with Crippen LogP contribution in [0.4, 0.5) is 0 Å². The van der Waals surface area contributed by atoms with Crippen molar-refractivity contribution in [3.8, 4) is 10.4 Å². The molecular weight excluding hydrogens is 306 g/mol. The molecular formula is C15H18BrNS. The van der Waals surface area contributed by atoms with E-state index in [2.05, 4.69) is 64.6 Å². The standard InChI is InChI=1S/C15H18BrNS/c1-3-6-13(17-2)15-10-9-14(18-15)11-7-4-5-8-12(11)16/h4-5,7-10,13,17H,3,6H2,1-2H3. The number of halogens is 1. The third kappa shape index (κ3) is 3.02. The average molecular weight is 324 g/mol. The van der Waals surface area contributed by atoms with E-state index >= 15 is 0 Å². The molecule has 1 atom stereocenters. The smallest absolute Gasteiger partial charge is 0.0412 e. The molecule has 1 unspecified atom stereocenters. The fourth-order valence-electron chi connectivity index (χ4n) is 2.06. The van der Waals surface area contributed by atoms with E-state index in [0.29, 0.717) is 6.04 Å². The zero-order valence-electron chi connectivity index (χ0n) is 10.7. The summed E-state index contributed by atoms with van der Waals surface area (Å²) in [6.45, 7) is 2.23. The van der Waals surface area contributed by atoms with Crippen LogP contribution in [0, 0.1) is 0 Å². The Bertz CT molecular complexity index is 507. The lowest BCUT2D eigenvalue weighted by Crippen LogP contribution is -2.14. The minimum absolute atomic E-state index is 0.483. The van der Waals surface area contributed by atoms with Gasteiger partial charge < -0.3 is 5.32 Å². The van der Waals surface area contributed by atoms with Gasteiger partial charge in [0, 0.05) is 25.8 Å². The van der Waals surface area contributed by atoms with Crippen LogP contribution in [-0.4, -0.2) is 7.05 Å². The zero-order valence-corrected chi connectivity index (χ0v) is 13.1. The van der Waals surface area contributed by atoms with Crippen molar-refractivity contribution >= 4 is 27.3 Å². The Balaban J connectivity index is 2.28. The molecule has 0 aliphatic rings. The van der Waals surface area contributed by atoms with Crippen molar-refractivity contribution in [1.82, 2.24) is 5.32 Å².